The lowest BCUT2D eigenvalue weighted by molar-refractivity contribution is 0.379. The molecule has 8 heteroatoms. The first-order chi connectivity index (χ1) is 13.5. The van der Waals surface area contributed by atoms with Gasteiger partial charge in [0.2, 0.25) is 5.95 Å². The molecule has 8 nitrogen and oxygen atoms in total. The molecular formula is C20H28N8. The van der Waals surface area contributed by atoms with Crippen molar-refractivity contribution in [3.63, 3.8) is 0 Å². The lowest BCUT2D eigenvalue weighted by atomic mass is 10.0. The average Bonchev–Trinajstić information content (AvgIpc) is 3.23. The van der Waals surface area contributed by atoms with Crippen molar-refractivity contribution in [1.29, 1.82) is 5.26 Å². The third-order valence-electron chi connectivity index (χ3n) is 5.50. The van der Waals surface area contributed by atoms with Gasteiger partial charge in [0.25, 0.3) is 0 Å². The molecule has 2 heterocycles. The summed E-state index contributed by atoms with van der Waals surface area (Å²) in [5.41, 5.74) is 8.20. The minimum absolute atomic E-state index is 0.393. The Labute approximate surface area is 166 Å². The van der Waals surface area contributed by atoms with E-state index in [9.17, 15) is 0 Å². The second-order valence-corrected chi connectivity index (χ2v) is 7.50. The Bertz CT molecular complexity index is 808. The number of aliphatic imine (C=N–C) groups is 1. The predicted molar refractivity (Wildman–Crippen MR) is 112 cm³/mol. The van der Waals surface area contributed by atoms with Gasteiger partial charge in [0.15, 0.2) is 0 Å². The van der Waals surface area contributed by atoms with Crippen LogP contribution in [0.4, 0.5) is 11.8 Å². The fourth-order valence-electron chi connectivity index (χ4n) is 4.11. The predicted octanol–water partition coefficient (Wildman–Crippen LogP) is 2.25. The van der Waals surface area contributed by atoms with Crippen LogP contribution >= 0.6 is 0 Å². The van der Waals surface area contributed by atoms with Gasteiger partial charge < -0.3 is 21.3 Å². The van der Waals surface area contributed by atoms with Crippen LogP contribution in [-0.2, 0) is 0 Å². The molecule has 1 aliphatic heterocycles. The van der Waals surface area contributed by atoms with Crippen LogP contribution in [0.5, 0.6) is 0 Å². The minimum Gasteiger partial charge on any atom is -0.403 e. The van der Waals surface area contributed by atoms with E-state index >= 15 is 0 Å². The van der Waals surface area contributed by atoms with Gasteiger partial charge in [-0.15, -0.1) is 0 Å². The van der Waals surface area contributed by atoms with E-state index in [0.717, 1.165) is 43.0 Å². The zero-order chi connectivity index (χ0) is 20.1. The van der Waals surface area contributed by atoms with E-state index < -0.39 is 0 Å². The van der Waals surface area contributed by atoms with E-state index in [0.29, 0.717) is 35.9 Å². The summed E-state index contributed by atoms with van der Waals surface area (Å²) in [6, 6.07) is 2.59. The Morgan fingerprint density at radius 2 is 2.18 bits per heavy atom. The lowest BCUT2D eigenvalue weighted by Crippen LogP contribution is -2.25. The van der Waals surface area contributed by atoms with Crippen molar-refractivity contribution in [1.82, 2.24) is 14.9 Å². The molecule has 0 amide bonds. The second-order valence-electron chi connectivity index (χ2n) is 7.50. The van der Waals surface area contributed by atoms with Gasteiger partial charge in [0.1, 0.15) is 5.82 Å². The number of aryl methyl sites for hydroxylation is 1. The smallest absolute Gasteiger partial charge is 0.229 e. The van der Waals surface area contributed by atoms with E-state index in [-0.39, 0.29) is 0 Å². The van der Waals surface area contributed by atoms with E-state index in [1.54, 1.807) is 19.5 Å². The van der Waals surface area contributed by atoms with Gasteiger partial charge in [-0.3, -0.25) is 4.99 Å². The highest BCUT2D eigenvalue weighted by molar-refractivity contribution is 5.81. The van der Waals surface area contributed by atoms with Crippen molar-refractivity contribution in [3.05, 3.63) is 35.9 Å². The summed E-state index contributed by atoms with van der Waals surface area (Å²) in [5.74, 6) is 2.61. The molecule has 1 saturated carbocycles. The Hall–Kier alpha value is -3.08. The van der Waals surface area contributed by atoms with Crippen molar-refractivity contribution in [2.75, 3.05) is 30.8 Å². The molecule has 0 aromatic carbocycles. The van der Waals surface area contributed by atoms with E-state index in [1.165, 1.54) is 6.20 Å². The molecule has 1 aromatic rings. The fourth-order valence-corrected chi connectivity index (χ4v) is 4.11. The summed E-state index contributed by atoms with van der Waals surface area (Å²) in [6.45, 7) is 8.05. The van der Waals surface area contributed by atoms with Crippen LogP contribution in [0.15, 0.2) is 35.4 Å². The van der Waals surface area contributed by atoms with Crippen LogP contribution in [0, 0.1) is 30.1 Å². The van der Waals surface area contributed by atoms with Gasteiger partial charge in [0.05, 0.1) is 18.2 Å². The maximum absolute atomic E-state index is 8.87. The summed E-state index contributed by atoms with van der Waals surface area (Å²) < 4.78 is 0. The molecule has 28 heavy (non-hydrogen) atoms. The number of rotatable bonds is 7. The number of likely N-dealkylation sites (tertiary alicyclic amines) is 1. The Kier molecular flexibility index (Phi) is 6.14. The highest BCUT2D eigenvalue weighted by Crippen LogP contribution is 2.40. The van der Waals surface area contributed by atoms with Crippen LogP contribution in [0.1, 0.15) is 24.8 Å². The fraction of sp³-hybridized carbons (Fsp3) is 0.500. The third-order valence-corrected chi connectivity index (χ3v) is 5.50. The van der Waals surface area contributed by atoms with Gasteiger partial charge in [-0.05, 0) is 31.6 Å². The molecule has 1 saturated heterocycles. The zero-order valence-corrected chi connectivity index (χ0v) is 16.5. The first-order valence-electron chi connectivity index (χ1n) is 9.55. The largest absolute Gasteiger partial charge is 0.403 e. The normalized spacial score (nSPS) is 24.2. The van der Waals surface area contributed by atoms with Crippen molar-refractivity contribution < 1.29 is 0 Å². The summed E-state index contributed by atoms with van der Waals surface area (Å²) in [4.78, 5) is 15.2. The molecule has 0 spiro atoms. The monoisotopic (exact) mass is 380 g/mol. The molecule has 3 rings (SSSR count). The molecule has 0 bridgehead atoms. The van der Waals surface area contributed by atoms with E-state index in [1.807, 2.05) is 6.92 Å². The maximum atomic E-state index is 8.87. The molecule has 3 atom stereocenters. The molecule has 2 aliphatic rings. The van der Waals surface area contributed by atoms with Gasteiger partial charge in [-0.25, -0.2) is 4.98 Å². The van der Waals surface area contributed by atoms with Crippen LogP contribution in [-0.4, -0.2) is 47.3 Å². The minimum atomic E-state index is 0.393. The average molecular weight is 381 g/mol. The standard InChI is InChI=1S/C20H28N8/c1-13-9-24-20(26-18(8-22)10-23-3)27-19(13)25-17-6-15-11-28(12-16(15)7-17)14(2)4-5-21/h8-10,15-17H,2,4,6-7,11-12,22H2,1,3H3,(H2,24,25,26,27)/t15-,16?,17?/m1/s1. The molecule has 1 aromatic heterocycles. The molecule has 148 valence electrons. The van der Waals surface area contributed by atoms with Crippen LogP contribution in [0.25, 0.3) is 0 Å². The first-order valence-corrected chi connectivity index (χ1v) is 9.55. The van der Waals surface area contributed by atoms with Crippen molar-refractivity contribution in [2.24, 2.45) is 22.6 Å². The number of aromatic nitrogens is 2. The number of fused-ring (bicyclic) bond motifs is 1. The van der Waals surface area contributed by atoms with Crippen molar-refractivity contribution in [3.8, 4) is 6.07 Å². The quantitative estimate of drug-likeness (QED) is 0.621. The van der Waals surface area contributed by atoms with Crippen molar-refractivity contribution in [2.45, 2.75) is 32.2 Å². The number of allylic oxidation sites excluding steroid dienone is 2. The maximum Gasteiger partial charge on any atom is 0.229 e. The molecule has 4 N–H and O–H groups in total. The van der Waals surface area contributed by atoms with Gasteiger partial charge in [0, 0.05) is 56.1 Å². The number of nitrogens with one attached hydrogen (secondary N) is 2. The van der Waals surface area contributed by atoms with Gasteiger partial charge in [-0.2, -0.15) is 10.2 Å². The van der Waals surface area contributed by atoms with Gasteiger partial charge >= 0.3 is 0 Å². The highest BCUT2D eigenvalue weighted by Gasteiger charge is 2.41. The first kappa shape index (κ1) is 19.7. The number of hydrogen-bond donors (Lipinski definition) is 3. The molecular weight excluding hydrogens is 352 g/mol. The summed E-state index contributed by atoms with van der Waals surface area (Å²) >= 11 is 0. The SMILES string of the molecule is C=C(CC#N)N1CC2CC(Nc3nc(NC(C=NC)=CN)ncc3C)C[C@@H]2C1. The summed E-state index contributed by atoms with van der Waals surface area (Å²) in [7, 11) is 1.68. The second kappa shape index (κ2) is 8.74. The Balaban J connectivity index is 1.61. The van der Waals surface area contributed by atoms with Gasteiger partial charge in [-0.1, -0.05) is 6.58 Å². The molecule has 0 radical (unpaired) electrons. The van der Waals surface area contributed by atoms with Crippen LogP contribution in [0.3, 0.4) is 0 Å². The van der Waals surface area contributed by atoms with E-state index in [2.05, 4.69) is 43.1 Å². The number of nitrogens with two attached hydrogens (primary N) is 1. The van der Waals surface area contributed by atoms with Crippen LogP contribution < -0.4 is 16.4 Å². The van der Waals surface area contributed by atoms with E-state index in [4.69, 9.17) is 11.0 Å². The summed E-state index contributed by atoms with van der Waals surface area (Å²) in [5, 5.41) is 15.5. The number of hydrogen-bond acceptors (Lipinski definition) is 8. The summed E-state index contributed by atoms with van der Waals surface area (Å²) in [6.07, 6.45) is 7.48. The topological polar surface area (TPSA) is 115 Å². The molecule has 2 fully saturated rings. The zero-order valence-electron chi connectivity index (χ0n) is 16.5. The molecule has 1 aliphatic carbocycles. The Morgan fingerprint density at radius 1 is 1.46 bits per heavy atom. The number of nitrogens with zero attached hydrogens (tertiary/aromatic N) is 5. The highest BCUT2D eigenvalue weighted by atomic mass is 15.2. The third kappa shape index (κ3) is 4.42. The Morgan fingerprint density at radius 3 is 2.79 bits per heavy atom. The molecule has 2 unspecified atom stereocenters. The lowest BCUT2D eigenvalue weighted by Gasteiger charge is -2.22. The number of nitriles is 1. The van der Waals surface area contributed by atoms with Crippen molar-refractivity contribution >= 4 is 18.0 Å². The number of anilines is 2. The van der Waals surface area contributed by atoms with Crippen LogP contribution in [0.2, 0.25) is 0 Å².